The lowest BCUT2D eigenvalue weighted by molar-refractivity contribution is -0.132. The molecular formula is C20H18N4O3. The summed E-state index contributed by atoms with van der Waals surface area (Å²) in [4.78, 5) is 26.4. The predicted octanol–water partition coefficient (Wildman–Crippen LogP) is 2.45. The Kier molecular flexibility index (Phi) is 5.80. The van der Waals surface area contributed by atoms with Gasteiger partial charge in [0.1, 0.15) is 12.3 Å². The molecule has 0 unspecified atom stereocenters. The summed E-state index contributed by atoms with van der Waals surface area (Å²) in [5, 5.41) is 13.2. The van der Waals surface area contributed by atoms with Crippen molar-refractivity contribution in [3.63, 3.8) is 0 Å². The number of hydrogen-bond donors (Lipinski definition) is 0. The Labute approximate surface area is 156 Å². The predicted molar refractivity (Wildman–Crippen MR) is 98.3 cm³/mol. The Hall–Kier alpha value is -3.66. The van der Waals surface area contributed by atoms with Gasteiger partial charge in [-0.3, -0.25) is 9.59 Å². The van der Waals surface area contributed by atoms with Crippen LogP contribution in [-0.2, 0) is 17.9 Å². The number of carbonyl (C=O) groups is 1. The summed E-state index contributed by atoms with van der Waals surface area (Å²) in [5.41, 5.74) is 1.11. The summed E-state index contributed by atoms with van der Waals surface area (Å²) < 4.78 is 6.43. The van der Waals surface area contributed by atoms with E-state index in [0.717, 1.165) is 10.2 Å². The summed E-state index contributed by atoms with van der Waals surface area (Å²) in [6, 6.07) is 18.0. The van der Waals surface area contributed by atoms with Crippen molar-refractivity contribution in [1.29, 1.82) is 5.26 Å². The molecule has 0 saturated carbocycles. The molecule has 0 aliphatic carbocycles. The molecule has 1 amide bonds. The topological polar surface area (TPSA) is 92.1 Å². The average molecular weight is 362 g/mol. The zero-order chi connectivity index (χ0) is 19.1. The van der Waals surface area contributed by atoms with Gasteiger partial charge in [-0.25, -0.2) is 4.68 Å². The number of carbonyl (C=O) groups excluding carboxylic acids is 1. The molecule has 0 radical (unpaired) electrons. The highest BCUT2D eigenvalue weighted by Crippen LogP contribution is 2.14. The SMILES string of the molecule is N#CCCN(Cc1ccco1)C(=O)Cn1nc(-c2ccccc2)ccc1=O. The lowest BCUT2D eigenvalue weighted by Crippen LogP contribution is -2.37. The molecule has 7 heteroatoms. The van der Waals surface area contributed by atoms with Gasteiger partial charge in [-0.05, 0) is 18.2 Å². The van der Waals surface area contributed by atoms with Crippen LogP contribution >= 0.6 is 0 Å². The van der Waals surface area contributed by atoms with Gasteiger partial charge in [-0.15, -0.1) is 0 Å². The molecule has 3 rings (SSSR count). The molecule has 1 aromatic carbocycles. The van der Waals surface area contributed by atoms with E-state index in [4.69, 9.17) is 9.68 Å². The third-order valence-electron chi connectivity index (χ3n) is 3.99. The van der Waals surface area contributed by atoms with Crippen molar-refractivity contribution in [2.45, 2.75) is 19.5 Å². The van der Waals surface area contributed by atoms with Crippen LogP contribution in [0.25, 0.3) is 11.3 Å². The number of amides is 1. The van der Waals surface area contributed by atoms with E-state index < -0.39 is 0 Å². The molecule has 7 nitrogen and oxygen atoms in total. The molecule has 0 aliphatic heterocycles. The summed E-state index contributed by atoms with van der Waals surface area (Å²) in [6.45, 7) is 0.287. The number of hydrogen-bond acceptors (Lipinski definition) is 5. The maximum absolute atomic E-state index is 12.7. The van der Waals surface area contributed by atoms with Gasteiger partial charge in [0.2, 0.25) is 5.91 Å². The van der Waals surface area contributed by atoms with Crippen molar-refractivity contribution >= 4 is 5.91 Å². The van der Waals surface area contributed by atoms with Gasteiger partial charge in [-0.1, -0.05) is 30.3 Å². The van der Waals surface area contributed by atoms with Crippen molar-refractivity contribution in [2.75, 3.05) is 6.54 Å². The molecule has 0 fully saturated rings. The molecule has 0 N–H and O–H groups in total. The molecule has 0 atom stereocenters. The van der Waals surface area contributed by atoms with Crippen LogP contribution in [0.15, 0.2) is 70.1 Å². The van der Waals surface area contributed by atoms with E-state index >= 15 is 0 Å². The molecule has 136 valence electrons. The minimum atomic E-state index is -0.360. The highest BCUT2D eigenvalue weighted by Gasteiger charge is 2.17. The van der Waals surface area contributed by atoms with Crippen LogP contribution < -0.4 is 5.56 Å². The van der Waals surface area contributed by atoms with Crippen LogP contribution in [0, 0.1) is 11.3 Å². The van der Waals surface area contributed by atoms with Crippen LogP contribution in [0.1, 0.15) is 12.2 Å². The average Bonchev–Trinajstić information content (AvgIpc) is 3.20. The molecule has 0 bridgehead atoms. The van der Waals surface area contributed by atoms with E-state index in [9.17, 15) is 9.59 Å². The quantitative estimate of drug-likeness (QED) is 0.644. The van der Waals surface area contributed by atoms with E-state index in [-0.39, 0.29) is 37.5 Å². The molecule has 2 aromatic heterocycles. The Morgan fingerprint density at radius 3 is 2.67 bits per heavy atom. The fraction of sp³-hybridized carbons (Fsp3) is 0.200. The smallest absolute Gasteiger partial charge is 0.267 e. The minimum Gasteiger partial charge on any atom is -0.467 e. The van der Waals surface area contributed by atoms with Crippen molar-refractivity contribution in [3.8, 4) is 17.3 Å². The van der Waals surface area contributed by atoms with Gasteiger partial charge in [0.25, 0.3) is 5.56 Å². The third kappa shape index (κ3) is 4.70. The van der Waals surface area contributed by atoms with Crippen LogP contribution in [0.4, 0.5) is 0 Å². The number of aromatic nitrogens is 2. The first-order chi connectivity index (χ1) is 13.2. The van der Waals surface area contributed by atoms with Gasteiger partial charge < -0.3 is 9.32 Å². The largest absolute Gasteiger partial charge is 0.467 e. The monoisotopic (exact) mass is 362 g/mol. The van der Waals surface area contributed by atoms with Gasteiger partial charge in [0.05, 0.1) is 31.0 Å². The molecule has 0 spiro atoms. The molecule has 0 saturated heterocycles. The number of nitriles is 1. The number of benzene rings is 1. The van der Waals surface area contributed by atoms with Gasteiger partial charge in [0.15, 0.2) is 0 Å². The van der Waals surface area contributed by atoms with E-state index in [1.54, 1.807) is 18.2 Å². The molecule has 27 heavy (non-hydrogen) atoms. The molecular weight excluding hydrogens is 344 g/mol. The highest BCUT2D eigenvalue weighted by molar-refractivity contribution is 5.76. The molecule has 3 aromatic rings. The maximum Gasteiger partial charge on any atom is 0.267 e. The lowest BCUT2D eigenvalue weighted by atomic mass is 10.1. The second-order valence-corrected chi connectivity index (χ2v) is 5.88. The Balaban J connectivity index is 1.80. The first kappa shape index (κ1) is 18.1. The molecule has 2 heterocycles. The first-order valence-electron chi connectivity index (χ1n) is 8.48. The standard InChI is InChI=1S/C20H18N4O3/c21-11-5-12-23(14-17-8-4-13-27-17)20(26)15-24-19(25)10-9-18(22-24)16-6-2-1-3-7-16/h1-4,6-10,13H,5,12,14-15H2. The number of rotatable bonds is 7. The van der Waals surface area contributed by atoms with E-state index in [1.165, 1.54) is 17.2 Å². The number of nitrogens with zero attached hydrogens (tertiary/aromatic N) is 4. The Morgan fingerprint density at radius 2 is 1.96 bits per heavy atom. The summed E-state index contributed by atoms with van der Waals surface area (Å²) >= 11 is 0. The zero-order valence-electron chi connectivity index (χ0n) is 14.6. The minimum absolute atomic E-state index is 0.193. The van der Waals surface area contributed by atoms with E-state index in [1.807, 2.05) is 36.4 Å². The van der Waals surface area contributed by atoms with Crippen LogP contribution in [-0.4, -0.2) is 27.1 Å². The third-order valence-corrected chi connectivity index (χ3v) is 3.99. The first-order valence-corrected chi connectivity index (χ1v) is 8.48. The van der Waals surface area contributed by atoms with Crippen molar-refractivity contribution in [2.24, 2.45) is 0 Å². The zero-order valence-corrected chi connectivity index (χ0v) is 14.6. The second kappa shape index (κ2) is 8.63. The van der Waals surface area contributed by atoms with Gasteiger partial charge in [-0.2, -0.15) is 10.4 Å². The van der Waals surface area contributed by atoms with E-state index in [2.05, 4.69) is 5.10 Å². The van der Waals surface area contributed by atoms with Crippen LogP contribution in [0.2, 0.25) is 0 Å². The normalized spacial score (nSPS) is 10.3. The molecule has 0 aliphatic rings. The summed E-state index contributed by atoms with van der Waals surface area (Å²) in [6.07, 6.45) is 1.72. The van der Waals surface area contributed by atoms with Crippen molar-refractivity contribution in [3.05, 3.63) is 77.0 Å². The highest BCUT2D eigenvalue weighted by atomic mass is 16.3. The van der Waals surface area contributed by atoms with E-state index in [0.29, 0.717) is 11.5 Å². The fourth-order valence-electron chi connectivity index (χ4n) is 2.62. The summed E-state index contributed by atoms with van der Waals surface area (Å²) in [7, 11) is 0. The maximum atomic E-state index is 12.7. The second-order valence-electron chi connectivity index (χ2n) is 5.88. The van der Waals surface area contributed by atoms with Gasteiger partial charge in [0, 0.05) is 18.2 Å². The fourth-order valence-corrected chi connectivity index (χ4v) is 2.62. The lowest BCUT2D eigenvalue weighted by Gasteiger charge is -2.20. The van der Waals surface area contributed by atoms with Crippen LogP contribution in [0.3, 0.4) is 0 Å². The van der Waals surface area contributed by atoms with Gasteiger partial charge >= 0.3 is 0 Å². The Morgan fingerprint density at radius 1 is 1.15 bits per heavy atom. The Bertz CT molecular complexity index is 988. The number of furan rings is 1. The van der Waals surface area contributed by atoms with Crippen LogP contribution in [0.5, 0.6) is 0 Å². The summed E-state index contributed by atoms with van der Waals surface area (Å²) in [5.74, 6) is 0.307. The van der Waals surface area contributed by atoms with Crippen molar-refractivity contribution < 1.29 is 9.21 Å². The van der Waals surface area contributed by atoms with Crippen molar-refractivity contribution in [1.82, 2.24) is 14.7 Å².